The number of rotatable bonds is 6. The molecule has 0 aliphatic heterocycles. The Kier molecular flexibility index (Phi) is 5.18. The molecule has 0 saturated carbocycles. The van der Waals surface area contributed by atoms with E-state index < -0.39 is 5.97 Å². The molecule has 102 valence electrons. The first-order valence-electron chi connectivity index (χ1n) is 5.82. The number of benzene rings is 1. The van der Waals surface area contributed by atoms with Gasteiger partial charge in [-0.1, -0.05) is 13.2 Å². The quantitative estimate of drug-likeness (QED) is 0.632. The normalized spacial score (nSPS) is 9.79. The number of hydrogen-bond acceptors (Lipinski definition) is 4. The van der Waals surface area contributed by atoms with Crippen LogP contribution in [-0.2, 0) is 4.74 Å². The molecule has 1 N–H and O–H groups in total. The first-order valence-corrected chi connectivity index (χ1v) is 5.82. The second kappa shape index (κ2) is 6.64. The van der Waals surface area contributed by atoms with Gasteiger partial charge in [0, 0.05) is 0 Å². The van der Waals surface area contributed by atoms with Crippen LogP contribution >= 0.6 is 0 Å². The summed E-state index contributed by atoms with van der Waals surface area (Å²) in [4.78, 5) is 11.8. The predicted molar refractivity (Wildman–Crippen MR) is 73.5 cm³/mol. The molecule has 0 fully saturated rings. The highest BCUT2D eigenvalue weighted by Gasteiger charge is 2.14. The average Bonchev–Trinajstić information content (AvgIpc) is 2.34. The van der Waals surface area contributed by atoms with E-state index in [1.807, 2.05) is 6.92 Å². The largest absolute Gasteiger partial charge is 0.507 e. The number of hydrogen-bond donors (Lipinski definition) is 1. The van der Waals surface area contributed by atoms with Crippen molar-refractivity contribution in [1.82, 2.24) is 0 Å². The highest BCUT2D eigenvalue weighted by Crippen LogP contribution is 2.24. The zero-order chi connectivity index (χ0) is 14.4. The first kappa shape index (κ1) is 14.8. The van der Waals surface area contributed by atoms with Gasteiger partial charge in [0.25, 0.3) is 0 Å². The van der Waals surface area contributed by atoms with Crippen molar-refractivity contribution < 1.29 is 19.4 Å². The van der Waals surface area contributed by atoms with Crippen LogP contribution in [0.4, 0.5) is 0 Å². The lowest BCUT2D eigenvalue weighted by Crippen LogP contribution is -2.08. The van der Waals surface area contributed by atoms with Crippen molar-refractivity contribution in [3.05, 3.63) is 48.1 Å². The Labute approximate surface area is 113 Å². The molecule has 0 aliphatic rings. The molecule has 0 aromatic heterocycles. The smallest absolute Gasteiger partial charge is 0.342 e. The minimum absolute atomic E-state index is 0.0699. The summed E-state index contributed by atoms with van der Waals surface area (Å²) < 4.78 is 10.4. The van der Waals surface area contributed by atoms with Gasteiger partial charge in [-0.05, 0) is 43.2 Å². The monoisotopic (exact) mass is 262 g/mol. The maximum atomic E-state index is 11.8. The van der Waals surface area contributed by atoms with Crippen molar-refractivity contribution in [3.8, 4) is 11.5 Å². The Hall–Kier alpha value is -2.23. The Morgan fingerprint density at radius 3 is 2.42 bits per heavy atom. The van der Waals surface area contributed by atoms with Gasteiger partial charge in [0.05, 0.1) is 0 Å². The summed E-state index contributed by atoms with van der Waals surface area (Å²) in [7, 11) is 0. The maximum Gasteiger partial charge on any atom is 0.342 e. The third kappa shape index (κ3) is 4.87. The highest BCUT2D eigenvalue weighted by molar-refractivity contribution is 5.92. The lowest BCUT2D eigenvalue weighted by atomic mass is 10.2. The molecular weight excluding hydrogens is 244 g/mol. The second-order valence-corrected chi connectivity index (χ2v) is 4.46. The van der Waals surface area contributed by atoms with E-state index in [1.165, 1.54) is 12.1 Å². The summed E-state index contributed by atoms with van der Waals surface area (Å²) in [5, 5.41) is 9.65. The van der Waals surface area contributed by atoms with E-state index in [9.17, 15) is 9.90 Å². The van der Waals surface area contributed by atoms with Gasteiger partial charge in [0.2, 0.25) is 0 Å². The summed E-state index contributed by atoms with van der Waals surface area (Å²) in [6.45, 7) is 11.4. The zero-order valence-electron chi connectivity index (χ0n) is 11.2. The lowest BCUT2D eigenvalue weighted by molar-refractivity contribution is 0.0536. The number of phenolic OH excluding ortho intramolecular Hbond substituents is 1. The first-order chi connectivity index (χ1) is 8.90. The standard InChI is InChI=1S/C15H18O4/c1-10(2)8-18-12-5-6-14(16)13(7-12)15(17)19-9-11(3)4/h5-7,16H,1,3,8-9H2,2,4H3. The van der Waals surface area contributed by atoms with Gasteiger partial charge in [-0.3, -0.25) is 0 Å². The van der Waals surface area contributed by atoms with Gasteiger partial charge in [-0.2, -0.15) is 0 Å². The molecule has 1 rings (SSSR count). The van der Waals surface area contributed by atoms with E-state index in [0.717, 1.165) is 11.1 Å². The molecule has 19 heavy (non-hydrogen) atoms. The van der Waals surface area contributed by atoms with Crippen molar-refractivity contribution in [1.29, 1.82) is 0 Å². The van der Waals surface area contributed by atoms with Crippen LogP contribution in [0.1, 0.15) is 24.2 Å². The Morgan fingerprint density at radius 2 is 1.84 bits per heavy atom. The SMILES string of the molecule is C=C(C)COC(=O)c1cc(OCC(=C)C)ccc1O. The topological polar surface area (TPSA) is 55.8 Å². The molecule has 4 heteroatoms. The van der Waals surface area contributed by atoms with E-state index in [-0.39, 0.29) is 17.9 Å². The van der Waals surface area contributed by atoms with Crippen LogP contribution in [0.5, 0.6) is 11.5 Å². The Bertz CT molecular complexity index is 503. The summed E-state index contributed by atoms with van der Waals surface area (Å²) in [6, 6.07) is 4.41. The maximum absolute atomic E-state index is 11.8. The molecule has 0 bridgehead atoms. The third-order valence-electron chi connectivity index (χ3n) is 2.12. The van der Waals surface area contributed by atoms with E-state index in [1.54, 1.807) is 13.0 Å². The zero-order valence-corrected chi connectivity index (χ0v) is 11.2. The minimum atomic E-state index is -0.610. The van der Waals surface area contributed by atoms with Crippen LogP contribution in [0.15, 0.2) is 42.5 Å². The van der Waals surface area contributed by atoms with Crippen molar-refractivity contribution in [2.75, 3.05) is 13.2 Å². The minimum Gasteiger partial charge on any atom is -0.507 e. The van der Waals surface area contributed by atoms with Crippen LogP contribution < -0.4 is 4.74 Å². The van der Waals surface area contributed by atoms with Crippen molar-refractivity contribution in [2.45, 2.75) is 13.8 Å². The number of ether oxygens (including phenoxy) is 2. The van der Waals surface area contributed by atoms with Crippen molar-refractivity contribution in [2.24, 2.45) is 0 Å². The molecule has 0 aliphatic carbocycles. The Balaban J connectivity index is 2.81. The highest BCUT2D eigenvalue weighted by atomic mass is 16.5. The van der Waals surface area contributed by atoms with Crippen LogP contribution in [0.2, 0.25) is 0 Å². The Morgan fingerprint density at radius 1 is 1.21 bits per heavy atom. The van der Waals surface area contributed by atoms with Crippen LogP contribution in [-0.4, -0.2) is 24.3 Å². The van der Waals surface area contributed by atoms with E-state index in [0.29, 0.717) is 12.4 Å². The molecule has 1 aromatic rings. The third-order valence-corrected chi connectivity index (χ3v) is 2.12. The lowest BCUT2D eigenvalue weighted by Gasteiger charge is -2.09. The fourth-order valence-corrected chi connectivity index (χ4v) is 1.24. The number of carbonyl (C=O) groups is 1. The molecule has 0 amide bonds. The average molecular weight is 262 g/mol. The molecule has 0 unspecified atom stereocenters. The van der Waals surface area contributed by atoms with E-state index in [4.69, 9.17) is 9.47 Å². The molecule has 0 heterocycles. The van der Waals surface area contributed by atoms with E-state index in [2.05, 4.69) is 13.2 Å². The van der Waals surface area contributed by atoms with Gasteiger partial charge >= 0.3 is 5.97 Å². The molecule has 0 atom stereocenters. The van der Waals surface area contributed by atoms with E-state index >= 15 is 0 Å². The summed E-state index contributed by atoms with van der Waals surface area (Å²) in [5.74, 6) is -0.279. The van der Waals surface area contributed by atoms with Crippen LogP contribution in [0.3, 0.4) is 0 Å². The number of aromatic hydroxyl groups is 1. The second-order valence-electron chi connectivity index (χ2n) is 4.46. The van der Waals surface area contributed by atoms with Gasteiger partial charge in [-0.15, -0.1) is 0 Å². The fraction of sp³-hybridized carbons (Fsp3) is 0.267. The van der Waals surface area contributed by atoms with Crippen molar-refractivity contribution in [3.63, 3.8) is 0 Å². The molecular formula is C15H18O4. The van der Waals surface area contributed by atoms with Gasteiger partial charge < -0.3 is 14.6 Å². The molecule has 0 radical (unpaired) electrons. The summed E-state index contributed by atoms with van der Waals surface area (Å²) >= 11 is 0. The molecule has 1 aromatic carbocycles. The van der Waals surface area contributed by atoms with Crippen LogP contribution in [0.25, 0.3) is 0 Å². The van der Waals surface area contributed by atoms with Gasteiger partial charge in [0.15, 0.2) is 0 Å². The number of esters is 1. The van der Waals surface area contributed by atoms with Crippen molar-refractivity contribution >= 4 is 5.97 Å². The van der Waals surface area contributed by atoms with Gasteiger partial charge in [0.1, 0.15) is 30.3 Å². The predicted octanol–water partition coefficient (Wildman–Crippen LogP) is 3.08. The summed E-state index contributed by atoms with van der Waals surface area (Å²) in [6.07, 6.45) is 0. The fourth-order valence-electron chi connectivity index (χ4n) is 1.24. The molecule has 0 spiro atoms. The number of phenols is 1. The molecule has 4 nitrogen and oxygen atoms in total. The summed E-state index contributed by atoms with van der Waals surface area (Å²) in [5.41, 5.74) is 1.66. The number of carbonyl (C=O) groups excluding carboxylic acids is 1. The van der Waals surface area contributed by atoms with Gasteiger partial charge in [-0.25, -0.2) is 4.79 Å². The molecule has 0 saturated heterocycles. The van der Waals surface area contributed by atoms with Crippen LogP contribution in [0, 0.1) is 0 Å².